The van der Waals surface area contributed by atoms with Crippen molar-refractivity contribution in [2.75, 3.05) is 0 Å². The summed E-state index contributed by atoms with van der Waals surface area (Å²) in [6.07, 6.45) is 1.23. The van der Waals surface area contributed by atoms with Crippen LogP contribution in [-0.4, -0.2) is 15.9 Å². The fourth-order valence-corrected chi connectivity index (χ4v) is 2.79. The summed E-state index contributed by atoms with van der Waals surface area (Å²) in [5, 5.41) is 2.93. The van der Waals surface area contributed by atoms with Gasteiger partial charge in [-0.1, -0.05) is 57.2 Å². The third kappa shape index (κ3) is 4.47. The predicted molar refractivity (Wildman–Crippen MR) is 101 cm³/mol. The fourth-order valence-electron chi connectivity index (χ4n) is 2.79. The van der Waals surface area contributed by atoms with Crippen LogP contribution in [0.1, 0.15) is 44.1 Å². The number of nitrogens with zero attached hydrogens (tertiary/aromatic N) is 1. The quantitative estimate of drug-likeness (QED) is 0.737. The molecule has 0 spiro atoms. The molecule has 2 N–H and O–H groups in total. The van der Waals surface area contributed by atoms with Crippen LogP contribution in [0.5, 0.6) is 0 Å². The highest BCUT2D eigenvalue weighted by Crippen LogP contribution is 2.22. The van der Waals surface area contributed by atoms with Crippen molar-refractivity contribution in [2.24, 2.45) is 0 Å². The zero-order valence-corrected chi connectivity index (χ0v) is 15.1. The van der Waals surface area contributed by atoms with Crippen LogP contribution in [0, 0.1) is 0 Å². The second kappa shape index (κ2) is 7.09. The summed E-state index contributed by atoms with van der Waals surface area (Å²) in [6, 6.07) is 16.4. The van der Waals surface area contributed by atoms with Gasteiger partial charge in [0.05, 0.1) is 17.6 Å². The van der Waals surface area contributed by atoms with E-state index in [1.807, 2.05) is 24.3 Å². The molecule has 4 nitrogen and oxygen atoms in total. The number of fused-ring (bicyclic) bond motifs is 1. The van der Waals surface area contributed by atoms with E-state index in [1.54, 1.807) is 0 Å². The molecular formula is C21H25N3O. The summed E-state index contributed by atoms with van der Waals surface area (Å²) in [5.74, 6) is 0.824. The lowest BCUT2D eigenvalue weighted by Gasteiger charge is -2.19. The smallest absolute Gasteiger partial charge is 0.220 e. The lowest BCUT2D eigenvalue weighted by atomic mass is 9.86. The van der Waals surface area contributed by atoms with Crippen LogP contribution in [0.3, 0.4) is 0 Å². The first-order valence-electron chi connectivity index (χ1n) is 8.71. The van der Waals surface area contributed by atoms with Gasteiger partial charge in [-0.15, -0.1) is 0 Å². The van der Waals surface area contributed by atoms with Crippen LogP contribution in [-0.2, 0) is 23.2 Å². The Balaban J connectivity index is 1.49. The van der Waals surface area contributed by atoms with Gasteiger partial charge in [-0.05, 0) is 35.1 Å². The Morgan fingerprint density at radius 3 is 2.48 bits per heavy atom. The standard InChI is InChI=1S/C21H25N3O/c1-21(2,3)16-11-8-15(9-12-16)10-13-20(25)22-14-19-23-17-6-4-5-7-18(17)24-19/h4-9,11-12H,10,13-14H2,1-3H3,(H,22,25)(H,23,24). The molecule has 0 unspecified atom stereocenters. The number of aromatic nitrogens is 2. The Hall–Kier alpha value is -2.62. The normalized spacial score (nSPS) is 11.6. The van der Waals surface area contributed by atoms with E-state index in [9.17, 15) is 4.79 Å². The van der Waals surface area contributed by atoms with Crippen molar-refractivity contribution in [3.8, 4) is 0 Å². The minimum atomic E-state index is 0.0420. The van der Waals surface area contributed by atoms with Crippen molar-refractivity contribution < 1.29 is 4.79 Å². The number of carbonyl (C=O) groups excluding carboxylic acids is 1. The molecule has 0 saturated carbocycles. The van der Waals surface area contributed by atoms with E-state index in [1.165, 1.54) is 11.1 Å². The lowest BCUT2D eigenvalue weighted by Crippen LogP contribution is -2.23. The molecule has 0 bridgehead atoms. The maximum absolute atomic E-state index is 12.1. The molecule has 0 atom stereocenters. The first-order valence-corrected chi connectivity index (χ1v) is 8.71. The van der Waals surface area contributed by atoms with Crippen molar-refractivity contribution in [1.29, 1.82) is 0 Å². The highest BCUT2D eigenvalue weighted by Gasteiger charge is 2.13. The largest absolute Gasteiger partial charge is 0.349 e. The second-order valence-electron chi connectivity index (χ2n) is 7.42. The van der Waals surface area contributed by atoms with E-state index in [0.29, 0.717) is 13.0 Å². The molecule has 1 amide bonds. The van der Waals surface area contributed by atoms with E-state index in [4.69, 9.17) is 0 Å². The van der Waals surface area contributed by atoms with Crippen LogP contribution >= 0.6 is 0 Å². The Morgan fingerprint density at radius 1 is 1.08 bits per heavy atom. The van der Waals surface area contributed by atoms with Gasteiger partial charge in [0, 0.05) is 6.42 Å². The molecule has 130 valence electrons. The van der Waals surface area contributed by atoms with E-state index < -0.39 is 0 Å². The van der Waals surface area contributed by atoms with Crippen LogP contribution < -0.4 is 5.32 Å². The minimum Gasteiger partial charge on any atom is -0.349 e. The number of para-hydroxylation sites is 2. The molecule has 25 heavy (non-hydrogen) atoms. The molecule has 4 heteroatoms. The summed E-state index contributed by atoms with van der Waals surface area (Å²) in [4.78, 5) is 19.8. The van der Waals surface area contributed by atoms with Gasteiger partial charge in [0.15, 0.2) is 0 Å². The number of aromatic amines is 1. The van der Waals surface area contributed by atoms with Crippen molar-refractivity contribution in [2.45, 2.75) is 45.6 Å². The van der Waals surface area contributed by atoms with Gasteiger partial charge in [0.2, 0.25) is 5.91 Å². The van der Waals surface area contributed by atoms with Gasteiger partial charge in [0.1, 0.15) is 5.82 Å². The van der Waals surface area contributed by atoms with Gasteiger partial charge in [-0.25, -0.2) is 4.98 Å². The van der Waals surface area contributed by atoms with Gasteiger partial charge in [-0.2, -0.15) is 0 Å². The molecule has 0 aliphatic carbocycles. The molecule has 0 saturated heterocycles. The minimum absolute atomic E-state index is 0.0420. The van der Waals surface area contributed by atoms with E-state index in [2.05, 4.69) is 60.3 Å². The van der Waals surface area contributed by atoms with Crippen molar-refractivity contribution in [1.82, 2.24) is 15.3 Å². The zero-order valence-electron chi connectivity index (χ0n) is 15.1. The number of imidazole rings is 1. The SMILES string of the molecule is CC(C)(C)c1ccc(CCC(=O)NCc2nc3ccccc3[nH]2)cc1. The number of hydrogen-bond acceptors (Lipinski definition) is 2. The van der Waals surface area contributed by atoms with Crippen molar-refractivity contribution >= 4 is 16.9 Å². The molecule has 0 aliphatic heterocycles. The average Bonchev–Trinajstić information content (AvgIpc) is 3.00. The van der Waals surface area contributed by atoms with Gasteiger partial charge in [0.25, 0.3) is 0 Å². The number of carbonyl (C=O) groups is 1. The summed E-state index contributed by atoms with van der Waals surface area (Å²) in [5.41, 5.74) is 4.57. The highest BCUT2D eigenvalue weighted by molar-refractivity contribution is 5.77. The zero-order chi connectivity index (χ0) is 17.9. The van der Waals surface area contributed by atoms with Crippen molar-refractivity contribution in [3.63, 3.8) is 0 Å². The van der Waals surface area contributed by atoms with E-state index in [-0.39, 0.29) is 11.3 Å². The number of amides is 1. The predicted octanol–water partition coefficient (Wildman–Crippen LogP) is 4.11. The van der Waals surface area contributed by atoms with Gasteiger partial charge >= 0.3 is 0 Å². The first-order chi connectivity index (χ1) is 11.9. The topological polar surface area (TPSA) is 57.8 Å². The number of aryl methyl sites for hydroxylation is 1. The van der Waals surface area contributed by atoms with Gasteiger partial charge in [-0.3, -0.25) is 4.79 Å². The number of H-pyrrole nitrogens is 1. The summed E-state index contributed by atoms with van der Waals surface area (Å²) < 4.78 is 0. The van der Waals surface area contributed by atoms with Crippen LogP contribution in [0.4, 0.5) is 0 Å². The molecule has 1 heterocycles. The fraction of sp³-hybridized carbons (Fsp3) is 0.333. The molecule has 0 fully saturated rings. The van der Waals surface area contributed by atoms with Crippen LogP contribution in [0.15, 0.2) is 48.5 Å². The summed E-state index contributed by atoms with van der Waals surface area (Å²) in [6.45, 7) is 7.03. The number of nitrogens with one attached hydrogen (secondary N) is 2. The maximum Gasteiger partial charge on any atom is 0.220 e. The number of rotatable bonds is 5. The number of benzene rings is 2. The monoisotopic (exact) mass is 335 g/mol. The molecule has 0 radical (unpaired) electrons. The Labute approximate surface area is 148 Å². The summed E-state index contributed by atoms with van der Waals surface area (Å²) >= 11 is 0. The highest BCUT2D eigenvalue weighted by atomic mass is 16.1. The Morgan fingerprint density at radius 2 is 1.80 bits per heavy atom. The summed E-state index contributed by atoms with van der Waals surface area (Å²) in [7, 11) is 0. The van der Waals surface area contributed by atoms with E-state index >= 15 is 0 Å². The second-order valence-corrected chi connectivity index (χ2v) is 7.42. The molecule has 1 aromatic heterocycles. The first kappa shape index (κ1) is 17.2. The number of hydrogen-bond donors (Lipinski definition) is 2. The molecule has 2 aromatic carbocycles. The molecule has 3 aromatic rings. The third-order valence-electron chi connectivity index (χ3n) is 4.35. The van der Waals surface area contributed by atoms with Crippen LogP contribution in [0.25, 0.3) is 11.0 Å². The van der Waals surface area contributed by atoms with Crippen molar-refractivity contribution in [3.05, 3.63) is 65.5 Å². The molecule has 0 aliphatic rings. The molecular weight excluding hydrogens is 310 g/mol. The lowest BCUT2D eigenvalue weighted by molar-refractivity contribution is -0.121. The van der Waals surface area contributed by atoms with E-state index in [0.717, 1.165) is 23.3 Å². The Kier molecular flexibility index (Phi) is 4.88. The van der Waals surface area contributed by atoms with Crippen LogP contribution in [0.2, 0.25) is 0 Å². The average molecular weight is 335 g/mol. The van der Waals surface area contributed by atoms with Gasteiger partial charge < -0.3 is 10.3 Å². The third-order valence-corrected chi connectivity index (χ3v) is 4.35. The molecule has 3 rings (SSSR count). The maximum atomic E-state index is 12.1. The Bertz CT molecular complexity index is 824.